The van der Waals surface area contributed by atoms with Gasteiger partial charge in [-0.05, 0) is 18.2 Å². The summed E-state index contributed by atoms with van der Waals surface area (Å²) in [6, 6.07) is 4.59. The SMILES string of the molecule is N#CC1CN(C(=O)c2cc(F)ccc2F)CCO1. The van der Waals surface area contributed by atoms with Gasteiger partial charge in [0.2, 0.25) is 0 Å². The van der Waals surface area contributed by atoms with Crippen molar-refractivity contribution in [2.24, 2.45) is 0 Å². The number of ether oxygens (including phenoxy) is 1. The third-order valence-corrected chi connectivity index (χ3v) is 2.66. The van der Waals surface area contributed by atoms with Crippen LogP contribution in [0, 0.1) is 23.0 Å². The number of rotatable bonds is 1. The molecule has 1 aliphatic rings. The average molecular weight is 252 g/mol. The zero-order valence-corrected chi connectivity index (χ0v) is 9.40. The van der Waals surface area contributed by atoms with E-state index in [9.17, 15) is 13.6 Å². The van der Waals surface area contributed by atoms with E-state index in [1.165, 1.54) is 4.90 Å². The molecule has 94 valence electrons. The van der Waals surface area contributed by atoms with E-state index in [0.717, 1.165) is 18.2 Å². The summed E-state index contributed by atoms with van der Waals surface area (Å²) in [5.74, 6) is -2.08. The predicted octanol–water partition coefficient (Wildman–Crippen LogP) is 1.33. The van der Waals surface area contributed by atoms with Crippen LogP contribution in [0.5, 0.6) is 0 Å². The second-order valence-electron chi connectivity index (χ2n) is 3.86. The van der Waals surface area contributed by atoms with E-state index in [4.69, 9.17) is 10.00 Å². The monoisotopic (exact) mass is 252 g/mol. The van der Waals surface area contributed by atoms with Crippen molar-refractivity contribution < 1.29 is 18.3 Å². The lowest BCUT2D eigenvalue weighted by molar-refractivity contribution is 0.00324. The summed E-state index contributed by atoms with van der Waals surface area (Å²) in [5, 5.41) is 8.71. The van der Waals surface area contributed by atoms with Gasteiger partial charge in [0, 0.05) is 6.54 Å². The molecular weight excluding hydrogens is 242 g/mol. The quantitative estimate of drug-likeness (QED) is 0.757. The van der Waals surface area contributed by atoms with Gasteiger partial charge in [0.15, 0.2) is 6.10 Å². The first-order valence-corrected chi connectivity index (χ1v) is 5.37. The minimum absolute atomic E-state index is 0.0608. The van der Waals surface area contributed by atoms with Gasteiger partial charge >= 0.3 is 0 Å². The summed E-state index contributed by atoms with van der Waals surface area (Å²) >= 11 is 0. The Kier molecular flexibility index (Phi) is 3.53. The van der Waals surface area contributed by atoms with Crippen molar-refractivity contribution in [3.8, 4) is 6.07 Å². The highest BCUT2D eigenvalue weighted by Crippen LogP contribution is 2.15. The van der Waals surface area contributed by atoms with Crippen LogP contribution in [0.4, 0.5) is 8.78 Å². The fraction of sp³-hybridized carbons (Fsp3) is 0.333. The highest BCUT2D eigenvalue weighted by atomic mass is 19.1. The summed E-state index contributed by atoms with van der Waals surface area (Å²) in [5.41, 5.74) is -0.325. The maximum Gasteiger partial charge on any atom is 0.257 e. The van der Waals surface area contributed by atoms with E-state index in [1.54, 1.807) is 0 Å². The second-order valence-corrected chi connectivity index (χ2v) is 3.86. The normalized spacial score (nSPS) is 19.4. The van der Waals surface area contributed by atoms with Gasteiger partial charge in [-0.2, -0.15) is 5.26 Å². The molecule has 0 radical (unpaired) electrons. The molecule has 1 fully saturated rings. The largest absolute Gasteiger partial charge is 0.360 e. The Morgan fingerprint density at radius 2 is 2.28 bits per heavy atom. The van der Waals surface area contributed by atoms with E-state index < -0.39 is 23.6 Å². The molecule has 0 aromatic heterocycles. The minimum atomic E-state index is -0.776. The van der Waals surface area contributed by atoms with Crippen LogP contribution in [0.15, 0.2) is 18.2 Å². The fourth-order valence-corrected chi connectivity index (χ4v) is 1.74. The minimum Gasteiger partial charge on any atom is -0.360 e. The first kappa shape index (κ1) is 12.5. The molecule has 1 saturated heterocycles. The molecule has 1 amide bonds. The Balaban J connectivity index is 2.21. The van der Waals surface area contributed by atoms with E-state index in [1.807, 2.05) is 6.07 Å². The summed E-state index contributed by atoms with van der Waals surface area (Å²) in [6.45, 7) is 0.527. The zero-order chi connectivity index (χ0) is 13.1. The molecule has 0 spiro atoms. The Bertz CT molecular complexity index is 513. The maximum absolute atomic E-state index is 13.4. The van der Waals surface area contributed by atoms with Crippen molar-refractivity contribution in [3.63, 3.8) is 0 Å². The van der Waals surface area contributed by atoms with Crippen LogP contribution in [0.3, 0.4) is 0 Å². The number of benzene rings is 1. The molecule has 1 aromatic carbocycles. The number of carbonyl (C=O) groups excluding carboxylic acids is 1. The highest BCUT2D eigenvalue weighted by molar-refractivity contribution is 5.94. The molecule has 0 saturated carbocycles. The maximum atomic E-state index is 13.4. The number of hydrogen-bond acceptors (Lipinski definition) is 3. The molecule has 1 unspecified atom stereocenters. The van der Waals surface area contributed by atoms with E-state index in [-0.39, 0.29) is 25.3 Å². The second kappa shape index (κ2) is 5.10. The van der Waals surface area contributed by atoms with Crippen molar-refractivity contribution in [2.75, 3.05) is 19.7 Å². The molecule has 18 heavy (non-hydrogen) atoms. The lowest BCUT2D eigenvalue weighted by atomic mass is 10.1. The number of carbonyl (C=O) groups is 1. The fourth-order valence-electron chi connectivity index (χ4n) is 1.74. The van der Waals surface area contributed by atoms with Crippen molar-refractivity contribution in [1.82, 2.24) is 4.90 Å². The highest BCUT2D eigenvalue weighted by Gasteiger charge is 2.26. The number of halogens is 2. The van der Waals surface area contributed by atoms with Crippen molar-refractivity contribution in [1.29, 1.82) is 5.26 Å². The molecule has 4 nitrogen and oxygen atoms in total. The third kappa shape index (κ3) is 2.46. The van der Waals surface area contributed by atoms with Crippen LogP contribution in [0.1, 0.15) is 10.4 Å². The molecule has 0 N–H and O–H groups in total. The third-order valence-electron chi connectivity index (χ3n) is 2.66. The Morgan fingerprint density at radius 1 is 1.50 bits per heavy atom. The van der Waals surface area contributed by atoms with E-state index >= 15 is 0 Å². The summed E-state index contributed by atoms with van der Waals surface area (Å²) in [6.07, 6.45) is -0.723. The van der Waals surface area contributed by atoms with Crippen LogP contribution in [0.25, 0.3) is 0 Å². The van der Waals surface area contributed by atoms with Crippen LogP contribution in [0.2, 0.25) is 0 Å². The van der Waals surface area contributed by atoms with Crippen molar-refractivity contribution in [2.45, 2.75) is 6.10 Å². The van der Waals surface area contributed by atoms with Crippen LogP contribution < -0.4 is 0 Å². The number of hydrogen-bond donors (Lipinski definition) is 0. The number of morpholine rings is 1. The first-order valence-electron chi connectivity index (χ1n) is 5.37. The molecule has 1 aliphatic heterocycles. The molecule has 1 aromatic rings. The van der Waals surface area contributed by atoms with Gasteiger partial charge in [0.05, 0.1) is 24.8 Å². The molecule has 0 aliphatic carbocycles. The van der Waals surface area contributed by atoms with Crippen LogP contribution in [-0.2, 0) is 4.74 Å². The Hall–Kier alpha value is -2.00. The summed E-state index contributed by atoms with van der Waals surface area (Å²) in [7, 11) is 0. The van der Waals surface area contributed by atoms with Gasteiger partial charge in [-0.15, -0.1) is 0 Å². The van der Waals surface area contributed by atoms with Crippen LogP contribution >= 0.6 is 0 Å². The standard InChI is InChI=1S/C12H10F2N2O2/c13-8-1-2-11(14)10(5-8)12(17)16-3-4-18-9(6-15)7-16/h1-2,5,9H,3-4,7H2. The van der Waals surface area contributed by atoms with Crippen molar-refractivity contribution in [3.05, 3.63) is 35.4 Å². The Morgan fingerprint density at radius 3 is 3.00 bits per heavy atom. The summed E-state index contributed by atoms with van der Waals surface area (Å²) < 4.78 is 31.5. The topological polar surface area (TPSA) is 53.3 Å². The molecular formula is C12H10F2N2O2. The van der Waals surface area contributed by atoms with Gasteiger partial charge in [-0.3, -0.25) is 4.79 Å². The molecule has 1 heterocycles. The number of amides is 1. The first-order chi connectivity index (χ1) is 8.61. The molecule has 2 rings (SSSR count). The van der Waals surface area contributed by atoms with Gasteiger partial charge in [0.1, 0.15) is 11.6 Å². The van der Waals surface area contributed by atoms with Crippen molar-refractivity contribution >= 4 is 5.91 Å². The summed E-state index contributed by atoms with van der Waals surface area (Å²) in [4.78, 5) is 13.3. The molecule has 1 atom stereocenters. The molecule has 6 heteroatoms. The predicted molar refractivity (Wildman–Crippen MR) is 57.6 cm³/mol. The Labute approximate surface area is 102 Å². The van der Waals surface area contributed by atoms with E-state index in [0.29, 0.717) is 0 Å². The van der Waals surface area contributed by atoms with E-state index in [2.05, 4.69) is 0 Å². The number of nitriles is 1. The van der Waals surface area contributed by atoms with Crippen LogP contribution in [-0.4, -0.2) is 36.6 Å². The molecule has 0 bridgehead atoms. The lowest BCUT2D eigenvalue weighted by Gasteiger charge is -2.29. The van der Waals surface area contributed by atoms with Gasteiger partial charge in [-0.1, -0.05) is 0 Å². The zero-order valence-electron chi connectivity index (χ0n) is 9.40. The van der Waals surface area contributed by atoms with Gasteiger partial charge < -0.3 is 9.64 Å². The van der Waals surface area contributed by atoms with Gasteiger partial charge in [-0.25, -0.2) is 8.78 Å². The van der Waals surface area contributed by atoms with Gasteiger partial charge in [0.25, 0.3) is 5.91 Å². The number of nitrogens with zero attached hydrogens (tertiary/aromatic N) is 2. The lowest BCUT2D eigenvalue weighted by Crippen LogP contribution is -2.45. The average Bonchev–Trinajstić information content (AvgIpc) is 2.41. The smallest absolute Gasteiger partial charge is 0.257 e.